The first-order chi connectivity index (χ1) is 5.27. The molecule has 0 saturated carbocycles. The first kappa shape index (κ1) is 6.73. The molecule has 0 spiro atoms. The first-order valence-corrected chi connectivity index (χ1v) is 3.68. The van der Waals surface area contributed by atoms with E-state index < -0.39 is 0 Å². The summed E-state index contributed by atoms with van der Waals surface area (Å²) in [5, 5.41) is 0.953. The molecule has 0 amide bonds. The van der Waals surface area contributed by atoms with Gasteiger partial charge in [-0.3, -0.25) is 0 Å². The van der Waals surface area contributed by atoms with Crippen molar-refractivity contribution in [1.29, 1.82) is 0 Å². The predicted molar refractivity (Wildman–Crippen MR) is 45.5 cm³/mol. The van der Waals surface area contributed by atoms with Crippen molar-refractivity contribution in [3.63, 3.8) is 0 Å². The second-order valence-electron chi connectivity index (χ2n) is 2.36. The van der Waals surface area contributed by atoms with E-state index in [2.05, 4.69) is 17.6 Å². The molecule has 11 heavy (non-hydrogen) atoms. The van der Waals surface area contributed by atoms with E-state index in [1.165, 1.54) is 12.1 Å². The molecule has 1 heterocycles. The Morgan fingerprint density at radius 3 is 3.00 bits per heavy atom. The molecule has 0 aliphatic rings. The SMILES string of the molecule is Fc1cc(S)c2cc[nH]c2c1. The average Bonchev–Trinajstić information content (AvgIpc) is 2.34. The van der Waals surface area contributed by atoms with Gasteiger partial charge in [-0.15, -0.1) is 12.6 Å². The topological polar surface area (TPSA) is 15.8 Å². The highest BCUT2D eigenvalue weighted by molar-refractivity contribution is 7.80. The molecular formula is C8H6FNS. The number of hydrogen-bond donors (Lipinski definition) is 2. The number of nitrogens with one attached hydrogen (secondary N) is 1. The zero-order chi connectivity index (χ0) is 7.84. The first-order valence-electron chi connectivity index (χ1n) is 3.23. The van der Waals surface area contributed by atoms with Gasteiger partial charge in [0.1, 0.15) is 5.82 Å². The highest BCUT2D eigenvalue weighted by Crippen LogP contribution is 2.21. The molecule has 0 radical (unpaired) electrons. The number of thiol groups is 1. The summed E-state index contributed by atoms with van der Waals surface area (Å²) in [4.78, 5) is 3.58. The Morgan fingerprint density at radius 1 is 1.36 bits per heavy atom. The molecule has 1 aromatic carbocycles. The lowest BCUT2D eigenvalue weighted by atomic mass is 10.2. The summed E-state index contributed by atoms with van der Waals surface area (Å²) in [6.07, 6.45) is 1.77. The van der Waals surface area contributed by atoms with Crippen molar-refractivity contribution in [3.05, 3.63) is 30.2 Å². The number of aromatic amines is 1. The van der Waals surface area contributed by atoms with Crippen LogP contribution in [0, 0.1) is 5.82 Å². The molecule has 0 saturated heterocycles. The molecule has 2 aromatic rings. The van der Waals surface area contributed by atoms with Crippen molar-refractivity contribution in [2.75, 3.05) is 0 Å². The van der Waals surface area contributed by atoms with Crippen molar-refractivity contribution < 1.29 is 4.39 Å². The summed E-state index contributed by atoms with van der Waals surface area (Å²) in [7, 11) is 0. The fourth-order valence-electron chi connectivity index (χ4n) is 1.11. The number of benzene rings is 1. The lowest BCUT2D eigenvalue weighted by molar-refractivity contribution is 0.626. The number of rotatable bonds is 0. The Kier molecular flexibility index (Phi) is 1.39. The van der Waals surface area contributed by atoms with Crippen molar-refractivity contribution >= 4 is 23.5 Å². The van der Waals surface area contributed by atoms with Crippen LogP contribution in [0.25, 0.3) is 10.9 Å². The second-order valence-corrected chi connectivity index (χ2v) is 2.85. The third-order valence-corrected chi connectivity index (χ3v) is 1.98. The molecule has 3 heteroatoms. The van der Waals surface area contributed by atoms with E-state index in [1.54, 1.807) is 6.20 Å². The molecule has 1 aromatic heterocycles. The molecule has 0 unspecified atom stereocenters. The van der Waals surface area contributed by atoms with Crippen LogP contribution in [-0.2, 0) is 0 Å². The molecule has 2 rings (SSSR count). The van der Waals surface area contributed by atoms with Gasteiger partial charge < -0.3 is 4.98 Å². The Balaban J connectivity index is 2.91. The fraction of sp³-hybridized carbons (Fsp3) is 0. The van der Waals surface area contributed by atoms with Crippen molar-refractivity contribution in [2.24, 2.45) is 0 Å². The van der Waals surface area contributed by atoms with Crippen LogP contribution in [0.4, 0.5) is 4.39 Å². The minimum atomic E-state index is -0.259. The monoisotopic (exact) mass is 167 g/mol. The summed E-state index contributed by atoms with van der Waals surface area (Å²) in [5.41, 5.74) is 0.787. The maximum absolute atomic E-state index is 12.7. The normalized spacial score (nSPS) is 10.7. The molecule has 1 N–H and O–H groups in total. The minimum absolute atomic E-state index is 0.259. The fourth-order valence-corrected chi connectivity index (χ4v) is 1.43. The van der Waals surface area contributed by atoms with E-state index in [9.17, 15) is 4.39 Å². The zero-order valence-electron chi connectivity index (χ0n) is 5.63. The highest BCUT2D eigenvalue weighted by atomic mass is 32.1. The molecule has 0 aliphatic heterocycles. The predicted octanol–water partition coefficient (Wildman–Crippen LogP) is 2.60. The van der Waals surface area contributed by atoms with Crippen LogP contribution in [0.3, 0.4) is 0 Å². The van der Waals surface area contributed by atoms with Crippen LogP contribution < -0.4 is 0 Å². The van der Waals surface area contributed by atoms with Crippen molar-refractivity contribution in [2.45, 2.75) is 4.90 Å². The summed E-state index contributed by atoms with van der Waals surface area (Å²) in [6, 6.07) is 4.73. The van der Waals surface area contributed by atoms with Crippen LogP contribution in [0.2, 0.25) is 0 Å². The Hall–Kier alpha value is -0.960. The number of aromatic nitrogens is 1. The van der Waals surface area contributed by atoms with Gasteiger partial charge in [0.05, 0.1) is 0 Å². The number of hydrogen-bond acceptors (Lipinski definition) is 1. The maximum Gasteiger partial charge on any atom is 0.126 e. The second kappa shape index (κ2) is 2.27. The summed E-state index contributed by atoms with van der Waals surface area (Å²) in [6.45, 7) is 0. The smallest absolute Gasteiger partial charge is 0.126 e. The molecular weight excluding hydrogens is 161 g/mol. The van der Waals surface area contributed by atoms with Gasteiger partial charge in [0.25, 0.3) is 0 Å². The molecule has 56 valence electrons. The number of fused-ring (bicyclic) bond motifs is 1. The average molecular weight is 167 g/mol. The van der Waals surface area contributed by atoms with Crippen LogP contribution in [0.1, 0.15) is 0 Å². The van der Waals surface area contributed by atoms with E-state index in [0.29, 0.717) is 4.90 Å². The van der Waals surface area contributed by atoms with Gasteiger partial charge in [-0.05, 0) is 18.2 Å². The van der Waals surface area contributed by atoms with E-state index in [-0.39, 0.29) is 5.82 Å². The number of halogens is 1. The van der Waals surface area contributed by atoms with Gasteiger partial charge in [0, 0.05) is 22.0 Å². The van der Waals surface area contributed by atoms with E-state index in [4.69, 9.17) is 0 Å². The van der Waals surface area contributed by atoms with Gasteiger partial charge >= 0.3 is 0 Å². The lowest BCUT2D eigenvalue weighted by Gasteiger charge is -1.94. The Labute approximate surface area is 68.6 Å². The third kappa shape index (κ3) is 1.01. The van der Waals surface area contributed by atoms with E-state index >= 15 is 0 Å². The molecule has 0 aliphatic carbocycles. The molecule has 0 atom stereocenters. The summed E-state index contributed by atoms with van der Waals surface area (Å²) < 4.78 is 12.7. The van der Waals surface area contributed by atoms with Crippen molar-refractivity contribution in [1.82, 2.24) is 4.98 Å². The lowest BCUT2D eigenvalue weighted by Crippen LogP contribution is -1.75. The molecule has 0 fully saturated rings. The highest BCUT2D eigenvalue weighted by Gasteiger charge is 2.00. The number of H-pyrrole nitrogens is 1. The summed E-state index contributed by atoms with van der Waals surface area (Å²) in [5.74, 6) is -0.259. The van der Waals surface area contributed by atoms with E-state index in [0.717, 1.165) is 10.9 Å². The van der Waals surface area contributed by atoms with Gasteiger partial charge in [0.2, 0.25) is 0 Å². The molecule has 1 nitrogen and oxygen atoms in total. The third-order valence-electron chi connectivity index (χ3n) is 1.61. The van der Waals surface area contributed by atoms with Crippen LogP contribution in [-0.4, -0.2) is 4.98 Å². The van der Waals surface area contributed by atoms with Gasteiger partial charge in [-0.1, -0.05) is 0 Å². The minimum Gasteiger partial charge on any atom is -0.361 e. The quantitative estimate of drug-likeness (QED) is 0.561. The molecule has 0 bridgehead atoms. The summed E-state index contributed by atoms with van der Waals surface area (Å²) >= 11 is 4.13. The van der Waals surface area contributed by atoms with Gasteiger partial charge in [-0.25, -0.2) is 4.39 Å². The van der Waals surface area contributed by atoms with Crippen LogP contribution >= 0.6 is 12.6 Å². The van der Waals surface area contributed by atoms with Crippen molar-refractivity contribution in [3.8, 4) is 0 Å². The Morgan fingerprint density at radius 2 is 2.18 bits per heavy atom. The van der Waals surface area contributed by atoms with E-state index in [1.807, 2.05) is 6.07 Å². The Bertz CT molecular complexity index is 394. The zero-order valence-corrected chi connectivity index (χ0v) is 6.53. The standard InChI is InChI=1S/C8H6FNS/c9-5-3-7-6(1-2-10-7)8(11)4-5/h1-4,10-11H. The maximum atomic E-state index is 12.7. The van der Waals surface area contributed by atoms with Gasteiger partial charge in [-0.2, -0.15) is 0 Å². The van der Waals surface area contributed by atoms with Crippen LogP contribution in [0.5, 0.6) is 0 Å². The van der Waals surface area contributed by atoms with Gasteiger partial charge in [0.15, 0.2) is 0 Å². The largest absolute Gasteiger partial charge is 0.361 e. The van der Waals surface area contributed by atoms with Crippen LogP contribution in [0.15, 0.2) is 29.3 Å².